The van der Waals surface area contributed by atoms with Gasteiger partial charge in [0.05, 0.1) is 10.7 Å². The molecule has 0 saturated carbocycles. The van der Waals surface area contributed by atoms with Crippen LogP contribution in [0.5, 0.6) is 0 Å². The molecule has 1 unspecified atom stereocenters. The fourth-order valence-electron chi connectivity index (χ4n) is 2.28. The largest absolute Gasteiger partial charge is 0.396 e. The van der Waals surface area contributed by atoms with E-state index in [4.69, 9.17) is 0 Å². The van der Waals surface area contributed by atoms with Gasteiger partial charge in [-0.1, -0.05) is 20.3 Å². The lowest BCUT2D eigenvalue weighted by molar-refractivity contribution is 0.0874. The monoisotopic (exact) mass is 256 g/mol. The van der Waals surface area contributed by atoms with Crippen molar-refractivity contribution < 1.29 is 5.11 Å². The van der Waals surface area contributed by atoms with E-state index in [9.17, 15) is 5.11 Å². The van der Waals surface area contributed by atoms with Crippen molar-refractivity contribution in [2.75, 3.05) is 20.2 Å². The van der Waals surface area contributed by atoms with Crippen molar-refractivity contribution in [1.82, 2.24) is 9.88 Å². The van der Waals surface area contributed by atoms with Crippen LogP contribution in [0.4, 0.5) is 0 Å². The summed E-state index contributed by atoms with van der Waals surface area (Å²) in [5, 5.41) is 12.7. The standard InChI is InChI=1S/C13H24N2OS/c1-5-6-13(3,10-16)9-15(4)7-12-8-17-11(2)14-12/h8,16H,5-7,9-10H2,1-4H3. The molecule has 4 heteroatoms. The van der Waals surface area contributed by atoms with Crippen LogP contribution in [0, 0.1) is 12.3 Å². The van der Waals surface area contributed by atoms with Crippen LogP contribution >= 0.6 is 11.3 Å². The number of nitrogens with zero attached hydrogens (tertiary/aromatic N) is 2. The third-order valence-corrected chi connectivity index (χ3v) is 3.81. The van der Waals surface area contributed by atoms with Gasteiger partial charge in [0.15, 0.2) is 0 Å². The molecule has 1 atom stereocenters. The molecule has 0 spiro atoms. The molecule has 0 aromatic carbocycles. The topological polar surface area (TPSA) is 36.4 Å². The molecular weight excluding hydrogens is 232 g/mol. The minimum atomic E-state index is 0.00850. The van der Waals surface area contributed by atoms with Crippen LogP contribution < -0.4 is 0 Å². The molecule has 1 rings (SSSR count). The number of rotatable bonds is 7. The van der Waals surface area contributed by atoms with Crippen molar-refractivity contribution in [2.24, 2.45) is 5.41 Å². The van der Waals surface area contributed by atoms with Crippen LogP contribution in [-0.2, 0) is 6.54 Å². The predicted molar refractivity (Wildman–Crippen MR) is 73.3 cm³/mol. The van der Waals surface area contributed by atoms with E-state index in [0.717, 1.165) is 36.6 Å². The maximum absolute atomic E-state index is 9.50. The van der Waals surface area contributed by atoms with E-state index in [0.29, 0.717) is 0 Å². The lowest BCUT2D eigenvalue weighted by atomic mass is 9.86. The van der Waals surface area contributed by atoms with Crippen molar-refractivity contribution in [3.63, 3.8) is 0 Å². The zero-order valence-electron chi connectivity index (χ0n) is 11.4. The number of aliphatic hydroxyl groups is 1. The van der Waals surface area contributed by atoms with E-state index in [1.54, 1.807) is 11.3 Å². The van der Waals surface area contributed by atoms with Crippen LogP contribution in [0.15, 0.2) is 5.38 Å². The van der Waals surface area contributed by atoms with Crippen molar-refractivity contribution in [2.45, 2.75) is 40.2 Å². The average Bonchev–Trinajstić information content (AvgIpc) is 2.64. The molecular formula is C13H24N2OS. The highest BCUT2D eigenvalue weighted by atomic mass is 32.1. The van der Waals surface area contributed by atoms with E-state index in [2.05, 4.69) is 36.2 Å². The molecule has 0 aliphatic rings. The number of aliphatic hydroxyl groups excluding tert-OH is 1. The smallest absolute Gasteiger partial charge is 0.0897 e. The van der Waals surface area contributed by atoms with E-state index in [-0.39, 0.29) is 12.0 Å². The van der Waals surface area contributed by atoms with Crippen molar-refractivity contribution >= 4 is 11.3 Å². The van der Waals surface area contributed by atoms with Crippen LogP contribution in [0.1, 0.15) is 37.4 Å². The molecule has 3 nitrogen and oxygen atoms in total. The zero-order chi connectivity index (χ0) is 12.9. The zero-order valence-corrected chi connectivity index (χ0v) is 12.2. The Hall–Kier alpha value is -0.450. The van der Waals surface area contributed by atoms with Crippen LogP contribution in [0.2, 0.25) is 0 Å². The fourth-order valence-corrected chi connectivity index (χ4v) is 2.88. The van der Waals surface area contributed by atoms with Gasteiger partial charge in [0.1, 0.15) is 0 Å². The molecule has 0 amide bonds. The Kier molecular flexibility index (Phi) is 5.56. The lowest BCUT2D eigenvalue weighted by Gasteiger charge is -2.31. The molecule has 0 fully saturated rings. The van der Waals surface area contributed by atoms with Gasteiger partial charge in [0.2, 0.25) is 0 Å². The Labute approximate surface area is 108 Å². The molecule has 0 aliphatic heterocycles. The van der Waals surface area contributed by atoms with Gasteiger partial charge in [-0.3, -0.25) is 4.90 Å². The molecule has 98 valence electrons. The second-order valence-corrected chi connectivity index (χ2v) is 6.31. The molecule has 0 saturated heterocycles. The molecule has 1 N–H and O–H groups in total. The molecule has 0 radical (unpaired) electrons. The Morgan fingerprint density at radius 2 is 2.24 bits per heavy atom. The summed E-state index contributed by atoms with van der Waals surface area (Å²) in [5.41, 5.74) is 1.14. The quantitative estimate of drug-likeness (QED) is 0.815. The third-order valence-electron chi connectivity index (χ3n) is 2.99. The predicted octanol–water partition coefficient (Wildman–Crippen LogP) is 2.68. The maximum atomic E-state index is 9.50. The van der Waals surface area contributed by atoms with Gasteiger partial charge in [-0.15, -0.1) is 11.3 Å². The summed E-state index contributed by atoms with van der Waals surface area (Å²) < 4.78 is 0. The van der Waals surface area contributed by atoms with E-state index in [1.807, 2.05) is 6.92 Å². The first-order valence-corrected chi connectivity index (χ1v) is 7.07. The first-order valence-electron chi connectivity index (χ1n) is 6.19. The number of aryl methyl sites for hydroxylation is 1. The number of hydrogen-bond acceptors (Lipinski definition) is 4. The van der Waals surface area contributed by atoms with Gasteiger partial charge in [-0.25, -0.2) is 4.98 Å². The molecule has 17 heavy (non-hydrogen) atoms. The summed E-state index contributed by atoms with van der Waals surface area (Å²) in [6, 6.07) is 0. The van der Waals surface area contributed by atoms with Gasteiger partial charge >= 0.3 is 0 Å². The SMILES string of the molecule is CCCC(C)(CO)CN(C)Cc1csc(C)n1. The van der Waals surface area contributed by atoms with Gasteiger partial charge in [-0.2, -0.15) is 0 Å². The highest BCUT2D eigenvalue weighted by Gasteiger charge is 2.24. The van der Waals surface area contributed by atoms with Gasteiger partial charge in [0.25, 0.3) is 0 Å². The number of aromatic nitrogens is 1. The van der Waals surface area contributed by atoms with Crippen LogP contribution in [-0.4, -0.2) is 35.2 Å². The number of hydrogen-bond donors (Lipinski definition) is 1. The Morgan fingerprint density at radius 1 is 1.53 bits per heavy atom. The van der Waals surface area contributed by atoms with Crippen molar-refractivity contribution in [3.8, 4) is 0 Å². The van der Waals surface area contributed by atoms with E-state index >= 15 is 0 Å². The second-order valence-electron chi connectivity index (χ2n) is 5.25. The summed E-state index contributed by atoms with van der Waals surface area (Å²) in [7, 11) is 2.10. The average molecular weight is 256 g/mol. The first-order chi connectivity index (χ1) is 7.99. The summed E-state index contributed by atoms with van der Waals surface area (Å²) in [6.45, 7) is 8.37. The number of thiazole rings is 1. The van der Waals surface area contributed by atoms with Gasteiger partial charge < -0.3 is 5.11 Å². The third kappa shape index (κ3) is 4.74. The Balaban J connectivity index is 2.50. The second kappa shape index (κ2) is 6.47. The van der Waals surface area contributed by atoms with E-state index < -0.39 is 0 Å². The van der Waals surface area contributed by atoms with Gasteiger partial charge in [0, 0.05) is 30.5 Å². The Bertz CT molecular complexity index is 340. The molecule has 0 bridgehead atoms. The molecule has 1 aromatic heterocycles. The molecule has 1 aromatic rings. The minimum absolute atomic E-state index is 0.00850. The lowest BCUT2D eigenvalue weighted by Crippen LogP contribution is -2.36. The highest BCUT2D eigenvalue weighted by Crippen LogP contribution is 2.24. The fraction of sp³-hybridized carbons (Fsp3) is 0.769. The Morgan fingerprint density at radius 3 is 2.71 bits per heavy atom. The first kappa shape index (κ1) is 14.6. The van der Waals surface area contributed by atoms with Crippen molar-refractivity contribution in [1.29, 1.82) is 0 Å². The summed E-state index contributed by atoms with van der Waals surface area (Å²) in [6.07, 6.45) is 2.17. The summed E-state index contributed by atoms with van der Waals surface area (Å²) in [4.78, 5) is 6.72. The van der Waals surface area contributed by atoms with Crippen LogP contribution in [0.3, 0.4) is 0 Å². The van der Waals surface area contributed by atoms with Crippen LogP contribution in [0.25, 0.3) is 0 Å². The minimum Gasteiger partial charge on any atom is -0.396 e. The summed E-state index contributed by atoms with van der Waals surface area (Å²) in [5.74, 6) is 0. The van der Waals surface area contributed by atoms with Crippen molar-refractivity contribution in [3.05, 3.63) is 16.1 Å². The van der Waals surface area contributed by atoms with E-state index in [1.165, 1.54) is 0 Å². The van der Waals surface area contributed by atoms with Gasteiger partial charge in [-0.05, 0) is 20.4 Å². The molecule has 1 heterocycles. The molecule has 0 aliphatic carbocycles. The normalized spacial score (nSPS) is 15.2. The summed E-state index contributed by atoms with van der Waals surface area (Å²) >= 11 is 1.69. The highest BCUT2D eigenvalue weighted by molar-refractivity contribution is 7.09. The maximum Gasteiger partial charge on any atom is 0.0897 e.